The average molecular weight is 254 g/mol. The second-order valence-corrected chi connectivity index (χ2v) is 4.40. The van der Waals surface area contributed by atoms with Crippen molar-refractivity contribution < 1.29 is 18.0 Å². The third kappa shape index (κ3) is 8.97. The van der Waals surface area contributed by atoms with Crippen molar-refractivity contribution in [3.63, 3.8) is 0 Å². The summed E-state index contributed by atoms with van der Waals surface area (Å²) >= 11 is 0. The fourth-order valence-electron chi connectivity index (χ4n) is 1.41. The van der Waals surface area contributed by atoms with Crippen molar-refractivity contribution in [1.29, 1.82) is 0 Å². The number of carbonyl (C=O) groups is 1. The summed E-state index contributed by atoms with van der Waals surface area (Å²) in [6.07, 6.45) is -3.36. The zero-order chi connectivity index (χ0) is 13.5. The molecular weight excluding hydrogens is 233 g/mol. The Labute approximate surface area is 100 Å². The molecule has 17 heavy (non-hydrogen) atoms. The minimum Gasteiger partial charge on any atom is -0.345 e. The van der Waals surface area contributed by atoms with Gasteiger partial charge in [-0.3, -0.25) is 4.79 Å². The van der Waals surface area contributed by atoms with E-state index in [0.717, 1.165) is 11.3 Å². The van der Waals surface area contributed by atoms with E-state index in [1.807, 2.05) is 6.92 Å². The van der Waals surface area contributed by atoms with Gasteiger partial charge in [0, 0.05) is 20.0 Å². The lowest BCUT2D eigenvalue weighted by Gasteiger charge is -2.19. The summed E-state index contributed by atoms with van der Waals surface area (Å²) in [6.45, 7) is 2.28. The number of hydrogen-bond donors (Lipinski definition) is 1. The second-order valence-electron chi connectivity index (χ2n) is 4.40. The van der Waals surface area contributed by atoms with Crippen LogP contribution in [0.5, 0.6) is 0 Å². The Bertz CT molecular complexity index is 231. The summed E-state index contributed by atoms with van der Waals surface area (Å²) in [4.78, 5) is 12.6. The Hall–Kier alpha value is -0.780. The predicted molar refractivity (Wildman–Crippen MR) is 60.4 cm³/mol. The van der Waals surface area contributed by atoms with E-state index in [1.165, 1.54) is 7.05 Å². The van der Waals surface area contributed by atoms with E-state index >= 15 is 0 Å². The minimum absolute atomic E-state index is 0.238. The van der Waals surface area contributed by atoms with Gasteiger partial charge in [0.2, 0.25) is 5.91 Å². The highest BCUT2D eigenvalue weighted by atomic mass is 19.4. The SMILES string of the molecule is CC(CCN)CCC(=O)N(C)CCC(F)(F)F. The Morgan fingerprint density at radius 1 is 1.35 bits per heavy atom. The maximum absolute atomic E-state index is 11.9. The number of carbonyl (C=O) groups excluding carboxylic acids is 1. The van der Waals surface area contributed by atoms with Crippen LogP contribution in [-0.4, -0.2) is 37.1 Å². The molecule has 1 amide bonds. The molecule has 0 radical (unpaired) electrons. The average Bonchev–Trinajstić information content (AvgIpc) is 2.22. The van der Waals surface area contributed by atoms with Gasteiger partial charge in [-0.25, -0.2) is 0 Å². The molecule has 0 aromatic carbocycles. The van der Waals surface area contributed by atoms with Crippen molar-refractivity contribution in [2.45, 2.75) is 38.8 Å². The predicted octanol–water partition coefficient (Wildman–Crippen LogP) is 2.16. The molecule has 0 aromatic heterocycles. The van der Waals surface area contributed by atoms with Crippen molar-refractivity contribution in [3.8, 4) is 0 Å². The van der Waals surface area contributed by atoms with Crippen LogP contribution in [0, 0.1) is 5.92 Å². The standard InChI is InChI=1S/C11H21F3N2O/c1-9(5-7-15)3-4-10(17)16(2)8-6-11(12,13)14/h9H,3-8,15H2,1-2H3. The highest BCUT2D eigenvalue weighted by molar-refractivity contribution is 5.75. The molecule has 0 aliphatic heterocycles. The van der Waals surface area contributed by atoms with Crippen LogP contribution in [0.4, 0.5) is 13.2 Å². The van der Waals surface area contributed by atoms with Crippen molar-refractivity contribution >= 4 is 5.91 Å². The summed E-state index contributed by atoms with van der Waals surface area (Å²) in [5.41, 5.74) is 5.37. The van der Waals surface area contributed by atoms with E-state index in [-0.39, 0.29) is 18.9 Å². The molecular formula is C11H21F3N2O. The lowest BCUT2D eigenvalue weighted by molar-refractivity contribution is -0.144. The highest BCUT2D eigenvalue weighted by Gasteiger charge is 2.27. The van der Waals surface area contributed by atoms with Gasteiger partial charge in [0.05, 0.1) is 6.42 Å². The number of nitrogens with two attached hydrogens (primary N) is 1. The monoisotopic (exact) mass is 254 g/mol. The number of rotatable bonds is 7. The van der Waals surface area contributed by atoms with Gasteiger partial charge in [0.1, 0.15) is 0 Å². The molecule has 0 aliphatic rings. The second kappa shape index (κ2) is 7.53. The normalized spacial score (nSPS) is 13.5. The molecule has 0 heterocycles. The maximum Gasteiger partial charge on any atom is 0.390 e. The third-order valence-corrected chi connectivity index (χ3v) is 2.67. The van der Waals surface area contributed by atoms with E-state index < -0.39 is 12.6 Å². The molecule has 0 spiro atoms. The van der Waals surface area contributed by atoms with Crippen LogP contribution < -0.4 is 5.73 Å². The summed E-state index contributed by atoms with van der Waals surface area (Å²) < 4.78 is 35.8. The first-order valence-electron chi connectivity index (χ1n) is 5.77. The Kier molecular flexibility index (Phi) is 7.18. The molecule has 102 valence electrons. The molecule has 0 bridgehead atoms. The van der Waals surface area contributed by atoms with E-state index in [0.29, 0.717) is 18.9 Å². The highest BCUT2D eigenvalue weighted by Crippen LogP contribution is 2.19. The van der Waals surface area contributed by atoms with Crippen molar-refractivity contribution in [3.05, 3.63) is 0 Å². The lowest BCUT2D eigenvalue weighted by Crippen LogP contribution is -2.30. The van der Waals surface area contributed by atoms with E-state index in [2.05, 4.69) is 0 Å². The molecule has 0 saturated carbocycles. The lowest BCUT2D eigenvalue weighted by atomic mass is 10.0. The fourth-order valence-corrected chi connectivity index (χ4v) is 1.41. The summed E-state index contributed by atoms with van der Waals surface area (Å²) in [6, 6.07) is 0. The molecule has 6 heteroatoms. The maximum atomic E-state index is 11.9. The first-order valence-corrected chi connectivity index (χ1v) is 5.77. The van der Waals surface area contributed by atoms with Crippen LogP contribution in [0.2, 0.25) is 0 Å². The molecule has 2 N–H and O–H groups in total. The van der Waals surface area contributed by atoms with Crippen LogP contribution in [0.1, 0.15) is 32.6 Å². The van der Waals surface area contributed by atoms with Crippen LogP contribution in [0.25, 0.3) is 0 Å². The molecule has 0 aromatic rings. The van der Waals surface area contributed by atoms with Gasteiger partial charge >= 0.3 is 6.18 Å². The molecule has 0 fully saturated rings. The largest absolute Gasteiger partial charge is 0.390 e. The van der Waals surface area contributed by atoms with E-state index in [9.17, 15) is 18.0 Å². The number of amides is 1. The van der Waals surface area contributed by atoms with E-state index in [4.69, 9.17) is 5.73 Å². The minimum atomic E-state index is -4.21. The molecule has 1 atom stereocenters. The van der Waals surface area contributed by atoms with Gasteiger partial charge in [-0.15, -0.1) is 0 Å². The molecule has 0 aliphatic carbocycles. The fraction of sp³-hybridized carbons (Fsp3) is 0.909. The first-order chi connectivity index (χ1) is 7.76. The van der Waals surface area contributed by atoms with Crippen molar-refractivity contribution in [1.82, 2.24) is 4.90 Å². The zero-order valence-corrected chi connectivity index (χ0v) is 10.4. The molecule has 0 rings (SSSR count). The van der Waals surface area contributed by atoms with Crippen LogP contribution in [0.15, 0.2) is 0 Å². The Morgan fingerprint density at radius 3 is 2.41 bits per heavy atom. The molecule has 3 nitrogen and oxygen atoms in total. The van der Waals surface area contributed by atoms with Crippen molar-refractivity contribution in [2.24, 2.45) is 11.7 Å². The molecule has 1 unspecified atom stereocenters. The smallest absolute Gasteiger partial charge is 0.345 e. The third-order valence-electron chi connectivity index (χ3n) is 2.67. The van der Waals surface area contributed by atoms with Gasteiger partial charge in [0.25, 0.3) is 0 Å². The number of nitrogens with zero attached hydrogens (tertiary/aromatic N) is 1. The van der Waals surface area contributed by atoms with Gasteiger partial charge in [0.15, 0.2) is 0 Å². The van der Waals surface area contributed by atoms with Gasteiger partial charge in [-0.2, -0.15) is 13.2 Å². The van der Waals surface area contributed by atoms with Crippen molar-refractivity contribution in [2.75, 3.05) is 20.1 Å². The summed E-state index contributed by atoms with van der Waals surface area (Å²) in [7, 11) is 1.40. The summed E-state index contributed by atoms with van der Waals surface area (Å²) in [5.74, 6) is 0.0955. The van der Waals surface area contributed by atoms with Gasteiger partial charge < -0.3 is 10.6 Å². The van der Waals surface area contributed by atoms with E-state index in [1.54, 1.807) is 0 Å². The Balaban J connectivity index is 3.82. The van der Waals surface area contributed by atoms with Crippen LogP contribution in [-0.2, 0) is 4.79 Å². The number of alkyl halides is 3. The van der Waals surface area contributed by atoms with Gasteiger partial charge in [-0.1, -0.05) is 6.92 Å². The topological polar surface area (TPSA) is 46.3 Å². The number of hydrogen-bond acceptors (Lipinski definition) is 2. The zero-order valence-electron chi connectivity index (χ0n) is 10.4. The summed E-state index contributed by atoms with van der Waals surface area (Å²) in [5, 5.41) is 0. The first kappa shape index (κ1) is 16.2. The van der Waals surface area contributed by atoms with Crippen LogP contribution >= 0.6 is 0 Å². The Morgan fingerprint density at radius 2 is 1.94 bits per heavy atom. The van der Waals surface area contributed by atoms with Crippen LogP contribution in [0.3, 0.4) is 0 Å². The quantitative estimate of drug-likeness (QED) is 0.756. The molecule has 0 saturated heterocycles. The number of halogens is 3. The van der Waals surface area contributed by atoms with Gasteiger partial charge in [-0.05, 0) is 25.3 Å².